The minimum absolute atomic E-state index is 0.00934. The number of sulfonamides is 1. The number of nitrogens with zero attached hydrogens (tertiary/aromatic N) is 2. The number of aliphatic imine (C=N–C) groups is 1. The van der Waals surface area contributed by atoms with Crippen molar-refractivity contribution in [2.45, 2.75) is 6.42 Å². The van der Waals surface area contributed by atoms with Crippen LogP contribution in [0, 0.1) is 10.4 Å². The van der Waals surface area contributed by atoms with Crippen LogP contribution in [-0.4, -0.2) is 31.7 Å². The highest BCUT2D eigenvalue weighted by molar-refractivity contribution is 7.92. The van der Waals surface area contributed by atoms with Crippen molar-refractivity contribution in [2.75, 3.05) is 22.3 Å². The van der Waals surface area contributed by atoms with E-state index in [9.17, 15) is 18.8 Å². The standard InChI is InChI=1S/C23H24N7O4S/c24-23(25)26-12-3-13-35(33,34)29-16-8-6-15(7-9-16)27-22-18-4-1-2-5-20(18)28-21-14-17(30(31)32)10-11-19(21)22/h1-2,4-11,14,27-29H,3,12-13H2,(H4-,24,25,26,31,32)/q-1. The zero-order chi connectivity index (χ0) is 25.0. The number of fused-ring (bicyclic) bond motifs is 2. The third kappa shape index (κ3) is 5.73. The molecule has 0 radical (unpaired) electrons. The smallest absolute Gasteiger partial charge is 0.232 e. The Bertz CT molecular complexity index is 1520. The predicted octanol–water partition coefficient (Wildman–Crippen LogP) is 2.19. The molecule has 2 aliphatic rings. The molecule has 0 bridgehead atoms. The molecule has 12 heteroatoms. The molecule has 0 aromatic heterocycles. The minimum atomic E-state index is -3.55. The summed E-state index contributed by atoms with van der Waals surface area (Å²) in [7, 11) is -3.55. The summed E-state index contributed by atoms with van der Waals surface area (Å²) in [6, 6.07) is 19.1. The van der Waals surface area contributed by atoms with Gasteiger partial charge in [-0.05, 0) is 42.8 Å². The number of H-pyrrole nitrogens is 1. The number of aromatic nitrogens is 1. The number of hydrogen-bond donors (Lipinski definition) is 5. The lowest BCUT2D eigenvalue weighted by atomic mass is 10.0. The molecular formula is C23H24N7O4S-. The minimum Gasteiger partial charge on any atom is -0.612 e. The molecule has 11 nitrogen and oxygen atoms in total. The Morgan fingerprint density at radius 3 is 2.43 bits per heavy atom. The van der Waals surface area contributed by atoms with Gasteiger partial charge in [-0.3, -0.25) is 9.71 Å². The number of para-hydroxylation sites is 1. The Balaban J connectivity index is 1.59. The fourth-order valence-corrected chi connectivity index (χ4v) is 4.77. The lowest BCUT2D eigenvalue weighted by molar-refractivity contribution is 0.599. The number of hydrogen-bond acceptors (Lipinski definition) is 6. The molecular weight excluding hydrogens is 470 g/mol. The highest BCUT2D eigenvalue weighted by Gasteiger charge is 2.15. The lowest BCUT2D eigenvalue weighted by Crippen LogP contribution is -2.23. The molecule has 0 spiro atoms. The van der Waals surface area contributed by atoms with Crippen LogP contribution in [-0.2, 0) is 10.0 Å². The van der Waals surface area contributed by atoms with E-state index in [4.69, 9.17) is 11.5 Å². The molecule has 35 heavy (non-hydrogen) atoms. The maximum atomic E-state index is 12.3. The molecule has 0 saturated heterocycles. The van der Waals surface area contributed by atoms with Gasteiger partial charge in [0.05, 0.1) is 17.1 Å². The average molecular weight is 495 g/mol. The molecule has 2 aromatic carbocycles. The van der Waals surface area contributed by atoms with E-state index < -0.39 is 14.9 Å². The number of anilines is 3. The maximum absolute atomic E-state index is 12.3. The van der Waals surface area contributed by atoms with Gasteiger partial charge >= 0.3 is 0 Å². The van der Waals surface area contributed by atoms with E-state index in [1.165, 1.54) is 12.1 Å². The van der Waals surface area contributed by atoms with Gasteiger partial charge in [-0.1, -0.05) is 18.2 Å². The second kappa shape index (κ2) is 9.81. The summed E-state index contributed by atoms with van der Waals surface area (Å²) >= 11 is 0. The molecule has 0 amide bonds. The van der Waals surface area contributed by atoms with Crippen molar-refractivity contribution in [1.82, 2.24) is 9.89 Å². The van der Waals surface area contributed by atoms with E-state index in [1.807, 2.05) is 24.3 Å². The van der Waals surface area contributed by atoms with E-state index in [-0.39, 0.29) is 30.0 Å². The first-order valence-corrected chi connectivity index (χ1v) is 12.3. The second-order valence-electron chi connectivity index (χ2n) is 7.82. The van der Waals surface area contributed by atoms with Crippen LogP contribution < -0.4 is 31.8 Å². The van der Waals surface area contributed by atoms with Crippen molar-refractivity contribution in [1.29, 1.82) is 0 Å². The van der Waals surface area contributed by atoms with Crippen molar-refractivity contribution in [2.24, 2.45) is 16.5 Å². The van der Waals surface area contributed by atoms with E-state index >= 15 is 0 Å². The Labute approximate surface area is 201 Å². The van der Waals surface area contributed by atoms with Crippen molar-refractivity contribution in [3.05, 3.63) is 82.5 Å². The number of nitrogens with two attached hydrogens (primary N) is 2. The molecule has 1 heterocycles. The van der Waals surface area contributed by atoms with Crippen LogP contribution in [0.1, 0.15) is 6.42 Å². The fourth-order valence-electron chi connectivity index (χ4n) is 3.66. The highest BCUT2D eigenvalue weighted by atomic mass is 32.2. The Kier molecular flexibility index (Phi) is 6.64. The van der Waals surface area contributed by atoms with Crippen molar-refractivity contribution in [3.8, 4) is 11.3 Å². The van der Waals surface area contributed by atoms with Gasteiger partial charge in [0.25, 0.3) is 0 Å². The fraction of sp³-hybridized carbons (Fsp3) is 0.130. The molecule has 7 N–H and O–H groups in total. The third-order valence-electron chi connectivity index (χ3n) is 5.24. The Morgan fingerprint density at radius 2 is 1.71 bits per heavy atom. The van der Waals surface area contributed by atoms with Crippen molar-refractivity contribution >= 4 is 43.9 Å². The van der Waals surface area contributed by atoms with Gasteiger partial charge in [-0.15, -0.1) is 0 Å². The zero-order valence-corrected chi connectivity index (χ0v) is 19.4. The second-order valence-corrected chi connectivity index (χ2v) is 9.66. The van der Waals surface area contributed by atoms with Crippen LogP contribution in [0.4, 0.5) is 17.1 Å². The monoisotopic (exact) mass is 494 g/mol. The molecule has 1 aliphatic carbocycles. The molecule has 0 unspecified atom stereocenters. The summed E-state index contributed by atoms with van der Waals surface area (Å²) < 4.78 is 27.1. The first-order valence-electron chi connectivity index (χ1n) is 10.7. The van der Waals surface area contributed by atoms with E-state index in [0.717, 1.165) is 27.8 Å². The number of pyridine rings is 1. The van der Waals surface area contributed by atoms with Crippen LogP contribution in [0.2, 0.25) is 0 Å². The first-order chi connectivity index (χ1) is 16.7. The zero-order valence-electron chi connectivity index (χ0n) is 18.6. The summed E-state index contributed by atoms with van der Waals surface area (Å²) in [4.78, 5) is 6.59. The normalized spacial score (nSPS) is 11.3. The van der Waals surface area contributed by atoms with Crippen LogP contribution >= 0.6 is 0 Å². The van der Waals surface area contributed by atoms with Crippen LogP contribution in [0.3, 0.4) is 0 Å². The topological polar surface area (TPSA) is 188 Å². The van der Waals surface area contributed by atoms with Gasteiger partial charge < -0.3 is 32.2 Å². The van der Waals surface area contributed by atoms with Crippen molar-refractivity contribution < 1.29 is 8.42 Å². The number of benzene rings is 3. The predicted molar refractivity (Wildman–Crippen MR) is 139 cm³/mol. The van der Waals surface area contributed by atoms with Crippen molar-refractivity contribution in [3.63, 3.8) is 0 Å². The van der Waals surface area contributed by atoms with Gasteiger partial charge in [0.2, 0.25) is 15.4 Å². The summed E-state index contributed by atoms with van der Waals surface area (Å²) in [5, 5.41) is 26.7. The van der Waals surface area contributed by atoms with E-state index in [2.05, 4.69) is 20.0 Å². The van der Waals surface area contributed by atoms with Crippen LogP contribution in [0.25, 0.3) is 22.2 Å². The van der Waals surface area contributed by atoms with Crippen LogP contribution in [0.5, 0.6) is 0 Å². The van der Waals surface area contributed by atoms with Gasteiger partial charge in [-0.25, -0.2) is 8.42 Å². The van der Waals surface area contributed by atoms with E-state index in [1.54, 1.807) is 30.3 Å². The largest absolute Gasteiger partial charge is 0.612 e. The summed E-state index contributed by atoms with van der Waals surface area (Å²) in [5.74, 6) is -0.192. The quantitative estimate of drug-likeness (QED) is 0.0816. The van der Waals surface area contributed by atoms with E-state index in [0.29, 0.717) is 11.4 Å². The molecule has 4 rings (SSSR count). The molecule has 1 aliphatic heterocycles. The molecule has 0 fully saturated rings. The number of guanidine groups is 1. The Hall–Kier alpha value is -4.45. The Morgan fingerprint density at radius 1 is 1.00 bits per heavy atom. The summed E-state index contributed by atoms with van der Waals surface area (Å²) in [6.07, 6.45) is 0.288. The first kappa shape index (κ1) is 23.7. The van der Waals surface area contributed by atoms with Crippen LogP contribution in [0.15, 0.2) is 71.7 Å². The van der Waals surface area contributed by atoms with Gasteiger partial charge in [0.15, 0.2) is 5.96 Å². The van der Waals surface area contributed by atoms with Gasteiger partial charge in [0.1, 0.15) is 0 Å². The lowest BCUT2D eigenvalue weighted by Gasteiger charge is -2.18. The number of nitrogens with one attached hydrogen (secondary N) is 3. The maximum Gasteiger partial charge on any atom is 0.232 e. The number of rotatable bonds is 8. The summed E-state index contributed by atoms with van der Waals surface area (Å²) in [6.45, 7) is 0.228. The molecule has 0 atom stereocenters. The summed E-state index contributed by atoms with van der Waals surface area (Å²) in [5.41, 5.74) is 14.6. The van der Waals surface area contributed by atoms with Gasteiger partial charge in [-0.2, -0.15) is 4.90 Å². The average Bonchev–Trinajstić information content (AvgIpc) is 2.82. The molecule has 182 valence electrons. The highest BCUT2D eigenvalue weighted by Crippen LogP contribution is 2.36. The molecule has 2 aromatic rings. The SMILES string of the molecule is NC(N)=NCCCS(=O)(=O)Nc1ccc(Nc2c3ccc(=[N+]([O-])[O-])cc-3[nH]c3ccccc23)cc1. The number of aromatic amines is 1. The third-order valence-corrected chi connectivity index (χ3v) is 6.62. The molecule has 0 saturated carbocycles. The van der Waals surface area contributed by atoms with Gasteiger partial charge in [0, 0.05) is 46.5 Å².